The summed E-state index contributed by atoms with van der Waals surface area (Å²) in [5, 5.41) is 0. The molecule has 0 nitrogen and oxygen atoms in total. The van der Waals surface area contributed by atoms with Crippen LogP contribution in [0, 0.1) is 17.8 Å². The second kappa shape index (κ2) is 5.62. The summed E-state index contributed by atoms with van der Waals surface area (Å²) in [6, 6.07) is 0. The number of hydrogen-bond acceptors (Lipinski definition) is 0. The lowest BCUT2D eigenvalue weighted by molar-refractivity contribution is 0.245. The topological polar surface area (TPSA) is 0 Å². The predicted octanol–water partition coefficient (Wildman–Crippen LogP) is 4.10. The molecule has 0 bridgehead atoms. The van der Waals surface area contributed by atoms with Crippen molar-refractivity contribution in [3.05, 3.63) is 0 Å². The zero-order valence-corrected chi connectivity index (χ0v) is 8.85. The molecule has 68 valence electrons. The predicted molar refractivity (Wildman–Crippen MR) is 52.7 cm³/mol. The summed E-state index contributed by atoms with van der Waals surface area (Å²) in [7, 11) is 0. The van der Waals surface area contributed by atoms with E-state index in [1.54, 1.807) is 0 Å². The number of hydrogen-bond donors (Lipinski definition) is 0. The molecule has 0 aliphatic carbocycles. The van der Waals surface area contributed by atoms with E-state index in [9.17, 15) is 0 Å². The van der Waals surface area contributed by atoms with Gasteiger partial charge in [0.15, 0.2) is 0 Å². The second-order valence-corrected chi connectivity index (χ2v) is 4.08. The van der Waals surface area contributed by atoms with E-state index in [0.29, 0.717) is 0 Å². The van der Waals surface area contributed by atoms with Crippen molar-refractivity contribution in [3.63, 3.8) is 0 Å². The molecule has 2 atom stereocenters. The molecule has 0 saturated heterocycles. The highest BCUT2D eigenvalue weighted by molar-refractivity contribution is 4.67. The van der Waals surface area contributed by atoms with Gasteiger partial charge in [0.25, 0.3) is 0 Å². The molecule has 0 N–H and O–H groups in total. The molecule has 0 radical (unpaired) electrons. The fraction of sp³-hybridized carbons (Fsp3) is 1.00. The molecule has 0 spiro atoms. The van der Waals surface area contributed by atoms with E-state index in [-0.39, 0.29) is 0 Å². The molecule has 11 heavy (non-hydrogen) atoms. The summed E-state index contributed by atoms with van der Waals surface area (Å²) in [6.45, 7) is 11.7. The van der Waals surface area contributed by atoms with Gasteiger partial charge in [0.1, 0.15) is 0 Å². The largest absolute Gasteiger partial charge is 0.0654 e. The van der Waals surface area contributed by atoms with Crippen molar-refractivity contribution in [2.24, 2.45) is 17.8 Å². The van der Waals surface area contributed by atoms with Crippen LogP contribution in [-0.4, -0.2) is 0 Å². The first-order valence-electron chi connectivity index (χ1n) is 5.13. The Morgan fingerprint density at radius 3 is 1.82 bits per heavy atom. The summed E-state index contributed by atoms with van der Waals surface area (Å²) in [4.78, 5) is 0. The summed E-state index contributed by atoms with van der Waals surface area (Å²) < 4.78 is 0. The van der Waals surface area contributed by atoms with Crippen molar-refractivity contribution in [1.29, 1.82) is 0 Å². The molecule has 0 aromatic heterocycles. The molecule has 0 heterocycles. The highest BCUT2D eigenvalue weighted by Gasteiger charge is 2.17. The Labute approximate surface area is 72.4 Å². The Hall–Kier alpha value is 0. The maximum atomic E-state index is 2.39. The van der Waals surface area contributed by atoms with Gasteiger partial charge in [-0.3, -0.25) is 0 Å². The molecule has 0 aliphatic rings. The van der Waals surface area contributed by atoms with Crippen molar-refractivity contribution in [1.82, 2.24) is 0 Å². The first-order chi connectivity index (χ1) is 5.13. The van der Waals surface area contributed by atoms with Crippen LogP contribution in [0.1, 0.15) is 53.9 Å². The van der Waals surface area contributed by atoms with Crippen molar-refractivity contribution >= 4 is 0 Å². The van der Waals surface area contributed by atoms with Crippen LogP contribution < -0.4 is 0 Å². The van der Waals surface area contributed by atoms with Crippen molar-refractivity contribution < 1.29 is 0 Å². The molecule has 0 heteroatoms. The molecule has 0 rings (SSSR count). The van der Waals surface area contributed by atoms with Gasteiger partial charge in [0.05, 0.1) is 0 Å². The van der Waals surface area contributed by atoms with Crippen molar-refractivity contribution in [2.75, 3.05) is 0 Å². The lowest BCUT2D eigenvalue weighted by Gasteiger charge is -2.26. The summed E-state index contributed by atoms with van der Waals surface area (Å²) in [6.07, 6.45) is 4.09. The maximum absolute atomic E-state index is 2.39. The Kier molecular flexibility index (Phi) is 5.62. The standard InChI is InChI=1S/C11H24/c1-6-8-11(9(3)4)10(5)7-2/h9-11H,6-8H2,1-5H3/t10-,11?/m0/s1. The van der Waals surface area contributed by atoms with Crippen molar-refractivity contribution in [2.45, 2.75) is 53.9 Å². The fourth-order valence-corrected chi connectivity index (χ4v) is 1.91. The monoisotopic (exact) mass is 156 g/mol. The third-order valence-electron chi connectivity index (χ3n) is 2.85. The van der Waals surface area contributed by atoms with Gasteiger partial charge in [-0.15, -0.1) is 0 Å². The van der Waals surface area contributed by atoms with Crippen LogP contribution in [0.3, 0.4) is 0 Å². The van der Waals surface area contributed by atoms with E-state index in [1.165, 1.54) is 19.3 Å². The van der Waals surface area contributed by atoms with Crippen LogP contribution in [0.2, 0.25) is 0 Å². The highest BCUT2D eigenvalue weighted by Crippen LogP contribution is 2.27. The summed E-state index contributed by atoms with van der Waals surface area (Å²) >= 11 is 0. The van der Waals surface area contributed by atoms with Gasteiger partial charge in [0.2, 0.25) is 0 Å². The second-order valence-electron chi connectivity index (χ2n) is 4.08. The first kappa shape index (κ1) is 11.0. The lowest BCUT2D eigenvalue weighted by Crippen LogP contribution is -2.16. The molecular weight excluding hydrogens is 132 g/mol. The minimum absolute atomic E-state index is 0.866. The van der Waals surface area contributed by atoms with E-state index >= 15 is 0 Å². The summed E-state index contributed by atoms with van der Waals surface area (Å²) in [5.41, 5.74) is 0. The van der Waals surface area contributed by atoms with Gasteiger partial charge in [-0.25, -0.2) is 0 Å². The Morgan fingerprint density at radius 1 is 1.00 bits per heavy atom. The van der Waals surface area contributed by atoms with Gasteiger partial charge in [0, 0.05) is 0 Å². The Bertz CT molecular complexity index is 84.0. The van der Waals surface area contributed by atoms with Gasteiger partial charge < -0.3 is 0 Å². The Morgan fingerprint density at radius 2 is 1.55 bits per heavy atom. The third kappa shape index (κ3) is 3.79. The normalized spacial score (nSPS) is 16.9. The Balaban J connectivity index is 3.87. The third-order valence-corrected chi connectivity index (χ3v) is 2.85. The molecule has 0 aliphatic heterocycles. The molecular formula is C11H24. The zero-order valence-electron chi connectivity index (χ0n) is 8.85. The van der Waals surface area contributed by atoms with E-state index in [4.69, 9.17) is 0 Å². The van der Waals surface area contributed by atoms with Gasteiger partial charge in [-0.05, 0) is 17.8 Å². The van der Waals surface area contributed by atoms with Gasteiger partial charge >= 0.3 is 0 Å². The molecule has 0 aromatic rings. The van der Waals surface area contributed by atoms with Crippen LogP contribution in [0.25, 0.3) is 0 Å². The van der Waals surface area contributed by atoms with Crippen molar-refractivity contribution in [3.8, 4) is 0 Å². The van der Waals surface area contributed by atoms with E-state index in [2.05, 4.69) is 34.6 Å². The average molecular weight is 156 g/mol. The van der Waals surface area contributed by atoms with E-state index in [1.807, 2.05) is 0 Å². The van der Waals surface area contributed by atoms with Gasteiger partial charge in [-0.1, -0.05) is 53.9 Å². The smallest absolute Gasteiger partial charge is 0.0366 e. The average Bonchev–Trinajstić information content (AvgIpc) is 1.98. The van der Waals surface area contributed by atoms with E-state index in [0.717, 1.165) is 17.8 Å². The minimum Gasteiger partial charge on any atom is -0.0654 e. The summed E-state index contributed by atoms with van der Waals surface area (Å²) in [5.74, 6) is 2.73. The molecule has 0 saturated carbocycles. The fourth-order valence-electron chi connectivity index (χ4n) is 1.91. The zero-order chi connectivity index (χ0) is 8.85. The van der Waals surface area contributed by atoms with Crippen LogP contribution in [0.15, 0.2) is 0 Å². The molecule has 0 aromatic carbocycles. The van der Waals surface area contributed by atoms with E-state index < -0.39 is 0 Å². The van der Waals surface area contributed by atoms with Gasteiger partial charge in [-0.2, -0.15) is 0 Å². The van der Waals surface area contributed by atoms with Crippen LogP contribution in [0.5, 0.6) is 0 Å². The molecule has 0 amide bonds. The highest BCUT2D eigenvalue weighted by atomic mass is 14.2. The minimum atomic E-state index is 0.866. The van der Waals surface area contributed by atoms with Crippen LogP contribution in [0.4, 0.5) is 0 Å². The number of rotatable bonds is 5. The lowest BCUT2D eigenvalue weighted by atomic mass is 9.80. The SMILES string of the molecule is CCCC(C(C)C)[C@@H](C)CC. The maximum Gasteiger partial charge on any atom is -0.0366 e. The molecule has 0 fully saturated rings. The first-order valence-corrected chi connectivity index (χ1v) is 5.13. The quantitative estimate of drug-likeness (QED) is 0.562. The van der Waals surface area contributed by atoms with Crippen LogP contribution >= 0.6 is 0 Å². The molecule has 1 unspecified atom stereocenters. The van der Waals surface area contributed by atoms with Crippen LogP contribution in [-0.2, 0) is 0 Å².